The summed E-state index contributed by atoms with van der Waals surface area (Å²) in [6, 6.07) is 81.5. The smallest absolute Gasteiger partial charge is 0.0699 e. The summed E-state index contributed by atoms with van der Waals surface area (Å²) in [7, 11) is 4.36. The number of benzene rings is 11. The topological polar surface area (TPSA) is 13.0 Å². The zero-order valence-electron chi connectivity index (χ0n) is 39.1. The van der Waals surface area contributed by atoms with E-state index in [1.807, 2.05) is 0 Å². The Kier molecular flexibility index (Phi) is 8.43. The van der Waals surface area contributed by atoms with Crippen LogP contribution in [-0.4, -0.2) is 14.1 Å². The Morgan fingerprint density at radius 1 is 0.304 bits per heavy atom. The Hall–Kier alpha value is -8.60. The predicted octanol–water partition coefficient (Wildman–Crippen LogP) is 17.9. The molecule has 0 spiro atoms. The molecule has 2 heterocycles. The highest BCUT2D eigenvalue weighted by Crippen LogP contribution is 2.58. The van der Waals surface area contributed by atoms with Gasteiger partial charge in [-0.2, -0.15) is 0 Å². The molecule has 0 N–H and O–H groups in total. The van der Waals surface area contributed by atoms with Gasteiger partial charge in [0.05, 0.1) is 45.5 Å². The maximum Gasteiger partial charge on any atom is 0.0699 e. The second kappa shape index (κ2) is 14.7. The zero-order valence-corrected chi connectivity index (χ0v) is 39.1. The Morgan fingerprint density at radius 2 is 0.739 bits per heavy atom. The highest BCUT2D eigenvalue weighted by molar-refractivity contribution is 6.24. The van der Waals surface area contributed by atoms with Crippen LogP contribution in [0.5, 0.6) is 0 Å². The average molecular weight is 885 g/mol. The van der Waals surface area contributed by atoms with E-state index in [1.54, 1.807) is 0 Å². The largest absolute Gasteiger partial charge is 0.341 e. The van der Waals surface area contributed by atoms with Crippen molar-refractivity contribution < 1.29 is 0 Å². The van der Waals surface area contributed by atoms with Crippen molar-refractivity contribution in [2.75, 3.05) is 33.7 Å². The Labute approximate surface area is 403 Å². The quantitative estimate of drug-likeness (QED) is 0.163. The summed E-state index contributed by atoms with van der Waals surface area (Å²) in [5.74, 6) is 0. The van der Waals surface area contributed by atoms with E-state index in [0.29, 0.717) is 0 Å². The molecule has 0 atom stereocenters. The molecular formula is C65H48N4. The van der Waals surface area contributed by atoms with Gasteiger partial charge in [0.25, 0.3) is 0 Å². The van der Waals surface area contributed by atoms with Crippen LogP contribution in [-0.2, 0) is 5.41 Å². The van der Waals surface area contributed by atoms with E-state index in [-0.39, 0.29) is 5.41 Å². The number of rotatable bonds is 4. The standard InChI is InChI=1S/C65H48N4/c1-65(2)52-22-8-7-20-48(52)64-49(21-17-23-53(64)65)63-47-37-35-44(68-58-28-13-9-24-54(58)66(3)55-25-10-14-29-59(55)68)39-50(47)62(43-33-32-41-18-5-6-19-42(41)38-43)46-36-34-45(40-51(46)63)69-60-30-15-11-26-56(60)67(4)57-27-12-16-31-61(57)69/h5-40H,1-4H3. The van der Waals surface area contributed by atoms with Crippen molar-refractivity contribution in [1.29, 1.82) is 0 Å². The van der Waals surface area contributed by atoms with Crippen molar-refractivity contribution in [2.24, 2.45) is 0 Å². The van der Waals surface area contributed by atoms with Crippen molar-refractivity contribution in [3.8, 4) is 33.4 Å². The Morgan fingerprint density at radius 3 is 1.30 bits per heavy atom. The average Bonchev–Trinajstić information content (AvgIpc) is 3.63. The van der Waals surface area contributed by atoms with Crippen LogP contribution in [0.25, 0.3) is 65.7 Å². The lowest BCUT2D eigenvalue weighted by atomic mass is 9.80. The molecule has 4 nitrogen and oxygen atoms in total. The van der Waals surface area contributed by atoms with E-state index in [1.165, 1.54) is 99.6 Å². The number of para-hydroxylation sites is 8. The van der Waals surface area contributed by atoms with Crippen LogP contribution in [0.1, 0.15) is 25.0 Å². The molecule has 0 radical (unpaired) electrons. The monoisotopic (exact) mass is 884 g/mol. The van der Waals surface area contributed by atoms with Crippen LogP contribution in [0.4, 0.5) is 56.9 Å². The fourth-order valence-electron chi connectivity index (χ4n) is 12.2. The first-order chi connectivity index (χ1) is 33.8. The van der Waals surface area contributed by atoms with E-state index in [2.05, 4.69) is 266 Å². The van der Waals surface area contributed by atoms with Crippen molar-refractivity contribution >= 4 is 89.2 Å². The summed E-state index contributed by atoms with van der Waals surface area (Å²) in [4.78, 5) is 9.56. The SMILES string of the molecule is CN1c2ccccc2N(c2ccc3c(-c4cccc5c4-c4ccccc4C5(C)C)c4cc(N5c6ccccc6N(C)c6ccccc65)ccc4c(-c4ccc5ccccc5c4)c3c2)c2ccccc21. The van der Waals surface area contributed by atoms with E-state index in [9.17, 15) is 0 Å². The third-order valence-corrected chi connectivity index (χ3v) is 15.5. The molecule has 0 amide bonds. The third-order valence-electron chi connectivity index (χ3n) is 15.5. The lowest BCUT2D eigenvalue weighted by Crippen LogP contribution is -2.24. The Bertz CT molecular complexity index is 3860. The van der Waals surface area contributed by atoms with E-state index < -0.39 is 0 Å². The first kappa shape index (κ1) is 39.6. The highest BCUT2D eigenvalue weighted by Gasteiger charge is 2.38. The molecule has 0 aromatic heterocycles. The number of anilines is 10. The normalized spacial score (nSPS) is 14.1. The Balaban J connectivity index is 1.13. The molecular weight excluding hydrogens is 837 g/mol. The zero-order chi connectivity index (χ0) is 46.1. The van der Waals surface area contributed by atoms with Crippen LogP contribution >= 0.6 is 0 Å². The van der Waals surface area contributed by atoms with Crippen LogP contribution in [0.2, 0.25) is 0 Å². The molecule has 69 heavy (non-hydrogen) atoms. The third kappa shape index (κ3) is 5.63. The van der Waals surface area contributed by atoms with Crippen LogP contribution in [0.15, 0.2) is 218 Å². The van der Waals surface area contributed by atoms with Gasteiger partial charge in [-0.15, -0.1) is 0 Å². The fraction of sp³-hybridized carbons (Fsp3) is 0.0769. The van der Waals surface area contributed by atoms with Gasteiger partial charge in [0.2, 0.25) is 0 Å². The van der Waals surface area contributed by atoms with E-state index >= 15 is 0 Å². The summed E-state index contributed by atoms with van der Waals surface area (Å²) in [6.45, 7) is 4.78. The number of hydrogen-bond acceptors (Lipinski definition) is 4. The van der Waals surface area contributed by atoms with Crippen molar-refractivity contribution in [3.63, 3.8) is 0 Å². The van der Waals surface area contributed by atoms with Gasteiger partial charge in [-0.1, -0.05) is 153 Å². The minimum atomic E-state index is -0.160. The van der Waals surface area contributed by atoms with Crippen molar-refractivity contribution in [1.82, 2.24) is 0 Å². The van der Waals surface area contributed by atoms with Gasteiger partial charge in [0, 0.05) is 30.9 Å². The predicted molar refractivity (Wildman–Crippen MR) is 293 cm³/mol. The van der Waals surface area contributed by atoms with Gasteiger partial charge in [-0.25, -0.2) is 0 Å². The molecule has 2 aliphatic heterocycles. The maximum atomic E-state index is 2.49. The minimum absolute atomic E-state index is 0.160. The molecule has 11 aromatic carbocycles. The lowest BCUT2D eigenvalue weighted by Gasteiger charge is -2.39. The van der Waals surface area contributed by atoms with Crippen molar-refractivity contribution in [2.45, 2.75) is 19.3 Å². The molecule has 0 bridgehead atoms. The summed E-state index contributed by atoms with van der Waals surface area (Å²) in [6.07, 6.45) is 0. The van der Waals surface area contributed by atoms with Gasteiger partial charge in [-0.05, 0) is 156 Å². The first-order valence-corrected chi connectivity index (χ1v) is 24.1. The van der Waals surface area contributed by atoms with E-state index in [4.69, 9.17) is 0 Å². The molecule has 328 valence electrons. The van der Waals surface area contributed by atoms with Crippen LogP contribution in [0.3, 0.4) is 0 Å². The van der Waals surface area contributed by atoms with Gasteiger partial charge in [0.1, 0.15) is 0 Å². The van der Waals surface area contributed by atoms with Gasteiger partial charge in [-0.3, -0.25) is 0 Å². The molecule has 0 unspecified atom stereocenters. The first-order valence-electron chi connectivity index (χ1n) is 24.1. The van der Waals surface area contributed by atoms with Crippen molar-refractivity contribution in [3.05, 3.63) is 230 Å². The van der Waals surface area contributed by atoms with Crippen LogP contribution < -0.4 is 19.6 Å². The second-order valence-electron chi connectivity index (χ2n) is 19.4. The maximum absolute atomic E-state index is 2.49. The molecule has 4 heteroatoms. The lowest BCUT2D eigenvalue weighted by molar-refractivity contribution is 0.660. The number of nitrogens with zero attached hydrogens (tertiary/aromatic N) is 4. The minimum Gasteiger partial charge on any atom is -0.341 e. The number of fused-ring (bicyclic) bond motifs is 10. The van der Waals surface area contributed by atoms with Gasteiger partial charge >= 0.3 is 0 Å². The molecule has 0 saturated heterocycles. The molecule has 14 rings (SSSR count). The summed E-state index contributed by atoms with van der Waals surface area (Å²) >= 11 is 0. The molecule has 0 fully saturated rings. The summed E-state index contributed by atoms with van der Waals surface area (Å²) in [5, 5.41) is 7.32. The molecule has 11 aromatic rings. The number of hydrogen-bond donors (Lipinski definition) is 0. The fourth-order valence-corrected chi connectivity index (χ4v) is 12.2. The van der Waals surface area contributed by atoms with E-state index in [0.717, 1.165) is 34.1 Å². The summed E-state index contributed by atoms with van der Waals surface area (Å²) in [5.41, 5.74) is 21.7. The van der Waals surface area contributed by atoms with Gasteiger partial charge in [0.15, 0.2) is 0 Å². The second-order valence-corrected chi connectivity index (χ2v) is 19.4. The molecule has 1 aliphatic carbocycles. The van der Waals surface area contributed by atoms with Gasteiger partial charge < -0.3 is 19.6 Å². The highest BCUT2D eigenvalue weighted by atomic mass is 15.3. The molecule has 0 saturated carbocycles. The molecule has 3 aliphatic rings. The summed E-state index contributed by atoms with van der Waals surface area (Å²) < 4.78 is 0. The van der Waals surface area contributed by atoms with Crippen LogP contribution in [0, 0.1) is 0 Å².